The predicted molar refractivity (Wildman–Crippen MR) is 192 cm³/mol. The Bertz CT molecular complexity index is 1870. The van der Waals surface area contributed by atoms with Gasteiger partial charge in [0.1, 0.15) is 23.1 Å². The number of nitrogens with zero attached hydrogens (tertiary/aromatic N) is 5. The molecule has 0 bridgehead atoms. The molecule has 1 atom stereocenters. The topological polar surface area (TPSA) is 91.0 Å². The number of ether oxygens (including phenoxy) is 2. The molecule has 0 N–H and O–H groups in total. The van der Waals surface area contributed by atoms with Crippen LogP contribution in [0, 0.1) is 30.6 Å². The number of hydrogen-bond donors (Lipinski definition) is 0. The van der Waals surface area contributed by atoms with E-state index in [4.69, 9.17) is 9.47 Å². The Morgan fingerprint density at radius 3 is 2.22 bits per heavy atom. The van der Waals surface area contributed by atoms with Crippen molar-refractivity contribution in [3.8, 4) is 28.7 Å². The molecule has 1 unspecified atom stereocenters. The lowest BCUT2D eigenvalue weighted by atomic mass is 9.89. The molecule has 0 spiro atoms. The molecule has 2 fully saturated rings. The van der Waals surface area contributed by atoms with E-state index < -0.39 is 0 Å². The minimum absolute atomic E-state index is 0.00157. The number of fused-ring (bicyclic) bond motifs is 1. The number of methoxy groups -OCH3 is 2. The van der Waals surface area contributed by atoms with E-state index in [1.807, 2.05) is 31.0 Å². The van der Waals surface area contributed by atoms with E-state index in [0.717, 1.165) is 91.3 Å². The largest absolute Gasteiger partial charge is 0.496 e. The van der Waals surface area contributed by atoms with Gasteiger partial charge in [0, 0.05) is 70.2 Å². The molecule has 3 aromatic rings. The second-order valence-corrected chi connectivity index (χ2v) is 14.4. The van der Waals surface area contributed by atoms with Crippen LogP contribution in [0.25, 0.3) is 11.1 Å². The van der Waals surface area contributed by atoms with Crippen LogP contribution in [-0.4, -0.2) is 72.1 Å². The Morgan fingerprint density at radius 1 is 1.00 bits per heavy atom. The molecule has 1 amide bonds. The van der Waals surface area contributed by atoms with Gasteiger partial charge in [0.25, 0.3) is 11.5 Å². The minimum atomic E-state index is -0.143. The molecule has 1 saturated heterocycles. The summed E-state index contributed by atoms with van der Waals surface area (Å²) in [6.07, 6.45) is 6.65. The number of amides is 1. The van der Waals surface area contributed by atoms with E-state index in [1.54, 1.807) is 25.8 Å². The van der Waals surface area contributed by atoms with Gasteiger partial charge in [0.05, 0.1) is 25.8 Å². The molecule has 0 radical (unpaired) electrons. The van der Waals surface area contributed by atoms with Crippen LogP contribution in [-0.2, 0) is 31.4 Å². The number of piperazine rings is 1. The number of aryl methyl sites for hydroxylation is 1. The lowest BCUT2D eigenvalue weighted by Crippen LogP contribution is -2.45. The number of hydrogen-bond acceptors (Lipinski definition) is 7. The number of pyridine rings is 1. The maximum Gasteiger partial charge on any atom is 0.264 e. The fourth-order valence-corrected chi connectivity index (χ4v) is 7.49. The number of benzene rings is 2. The first-order valence-corrected chi connectivity index (χ1v) is 17.4. The summed E-state index contributed by atoms with van der Waals surface area (Å²) in [7, 11) is 5.18. The van der Waals surface area contributed by atoms with Gasteiger partial charge in [-0.1, -0.05) is 31.2 Å². The van der Waals surface area contributed by atoms with Gasteiger partial charge < -0.3 is 18.9 Å². The van der Waals surface area contributed by atoms with E-state index >= 15 is 0 Å². The molecule has 9 nitrogen and oxygen atoms in total. The van der Waals surface area contributed by atoms with E-state index in [1.165, 1.54) is 16.7 Å². The fraction of sp³-hybridized carbons (Fsp3) is 0.475. The van der Waals surface area contributed by atoms with Crippen molar-refractivity contribution >= 4 is 5.91 Å². The molecule has 49 heavy (non-hydrogen) atoms. The van der Waals surface area contributed by atoms with E-state index in [9.17, 15) is 14.9 Å². The average Bonchev–Trinajstić information content (AvgIpc) is 3.85. The summed E-state index contributed by atoms with van der Waals surface area (Å²) < 4.78 is 13.5. The van der Waals surface area contributed by atoms with Crippen LogP contribution in [0.4, 0.5) is 0 Å². The summed E-state index contributed by atoms with van der Waals surface area (Å²) in [6.45, 7) is 14.0. The Morgan fingerprint density at radius 2 is 1.63 bits per heavy atom. The van der Waals surface area contributed by atoms with E-state index in [0.29, 0.717) is 13.1 Å². The van der Waals surface area contributed by atoms with Gasteiger partial charge in [0.2, 0.25) is 0 Å². The predicted octanol–water partition coefficient (Wildman–Crippen LogP) is 5.70. The van der Waals surface area contributed by atoms with Crippen molar-refractivity contribution in [3.05, 3.63) is 91.9 Å². The zero-order chi connectivity index (χ0) is 35.0. The quantitative estimate of drug-likeness (QED) is 0.214. The number of carbonyl (C=O) groups is 1. The smallest absolute Gasteiger partial charge is 0.264 e. The highest BCUT2D eigenvalue weighted by Gasteiger charge is 2.38. The second-order valence-electron chi connectivity index (χ2n) is 14.4. The third-order valence-corrected chi connectivity index (χ3v) is 11.1. The molecule has 3 aliphatic rings. The summed E-state index contributed by atoms with van der Waals surface area (Å²) >= 11 is 0. The van der Waals surface area contributed by atoms with Crippen molar-refractivity contribution in [1.29, 1.82) is 5.26 Å². The highest BCUT2D eigenvalue weighted by molar-refractivity contribution is 5.97. The van der Waals surface area contributed by atoms with Crippen LogP contribution in [0.2, 0.25) is 0 Å². The Hall–Kier alpha value is -4.39. The Kier molecular flexibility index (Phi) is 9.74. The average molecular weight is 664 g/mol. The minimum Gasteiger partial charge on any atom is -0.496 e. The van der Waals surface area contributed by atoms with Gasteiger partial charge >= 0.3 is 0 Å². The maximum atomic E-state index is 13.4. The summed E-state index contributed by atoms with van der Waals surface area (Å²) in [5, 5.41) is 9.77. The first-order chi connectivity index (χ1) is 23.5. The fourth-order valence-electron chi connectivity index (χ4n) is 7.49. The molecule has 1 saturated carbocycles. The van der Waals surface area contributed by atoms with Crippen molar-refractivity contribution in [2.45, 2.75) is 66.1 Å². The number of rotatable bonds is 9. The van der Waals surface area contributed by atoms with Crippen LogP contribution < -0.4 is 15.0 Å². The van der Waals surface area contributed by atoms with Crippen LogP contribution in [0.3, 0.4) is 0 Å². The van der Waals surface area contributed by atoms with Crippen molar-refractivity contribution in [3.63, 3.8) is 0 Å². The second kappa shape index (κ2) is 13.9. The lowest BCUT2D eigenvalue weighted by molar-refractivity contribution is -0.129. The summed E-state index contributed by atoms with van der Waals surface area (Å²) in [5.41, 5.74) is 8.82. The normalized spacial score (nSPS) is 19.3. The zero-order valence-corrected chi connectivity index (χ0v) is 30.1. The molecule has 1 aliphatic carbocycles. The first-order valence-electron chi connectivity index (χ1n) is 17.4. The lowest BCUT2D eigenvalue weighted by Gasteiger charge is -2.38. The molecule has 2 aromatic carbocycles. The van der Waals surface area contributed by atoms with Gasteiger partial charge in [-0.25, -0.2) is 0 Å². The van der Waals surface area contributed by atoms with Crippen LogP contribution in [0.1, 0.15) is 66.1 Å². The van der Waals surface area contributed by atoms with Gasteiger partial charge in [-0.3, -0.25) is 19.4 Å². The van der Waals surface area contributed by atoms with Crippen molar-refractivity contribution in [1.82, 2.24) is 19.3 Å². The van der Waals surface area contributed by atoms with E-state index in [2.05, 4.69) is 60.0 Å². The number of allylic oxidation sites excluding steroid dienone is 1. The summed E-state index contributed by atoms with van der Waals surface area (Å²) in [5.74, 6) is 1.41. The number of aromatic nitrogens is 1. The van der Waals surface area contributed by atoms with Crippen LogP contribution in [0.15, 0.2) is 53.0 Å². The molecular weight excluding hydrogens is 614 g/mol. The van der Waals surface area contributed by atoms with Gasteiger partial charge in [-0.15, -0.1) is 0 Å². The van der Waals surface area contributed by atoms with Crippen molar-refractivity contribution < 1.29 is 14.3 Å². The zero-order valence-electron chi connectivity index (χ0n) is 30.1. The van der Waals surface area contributed by atoms with E-state index in [-0.39, 0.29) is 28.5 Å². The monoisotopic (exact) mass is 663 g/mol. The SMILES string of the molecule is COc1cc(-c2cn(C)c(=O)c(C)c2C)cc(OC)c1CN1CCN(Cc2cccc3c2CCN(C(=O)/C(C#N)=C/C2(C)CC2)C3C)CC1. The molecule has 2 aliphatic heterocycles. The van der Waals surface area contributed by atoms with Gasteiger partial charge in [-0.2, -0.15) is 5.26 Å². The highest BCUT2D eigenvalue weighted by atomic mass is 16.5. The van der Waals surface area contributed by atoms with Gasteiger partial charge in [0.15, 0.2) is 0 Å². The summed E-state index contributed by atoms with van der Waals surface area (Å²) in [6, 6.07) is 12.7. The standard InChI is InChI=1S/C40H49N5O4/c1-26-27(2)38(46)42(5)24-34(26)30-19-36(48-6)35(37(20-30)49-7)25-44-17-15-43(16-18-44)23-29-9-8-10-32-28(3)45(14-11-33(29)32)39(47)31(22-41)21-40(4)12-13-40/h8-10,19-21,24,28H,11-18,23,25H2,1-7H3/b31-21+. The third kappa shape index (κ3) is 6.90. The first kappa shape index (κ1) is 34.5. The molecule has 9 heteroatoms. The Labute approximate surface area is 290 Å². The Balaban J connectivity index is 1.12. The van der Waals surface area contributed by atoms with Crippen molar-refractivity contribution in [2.24, 2.45) is 12.5 Å². The maximum absolute atomic E-state index is 13.4. The highest BCUT2D eigenvalue weighted by Crippen LogP contribution is 2.47. The number of carbonyl (C=O) groups excluding carboxylic acids is 1. The molecule has 6 rings (SSSR count). The van der Waals surface area contributed by atoms with Crippen molar-refractivity contribution in [2.75, 3.05) is 46.9 Å². The van der Waals surface area contributed by atoms with Crippen LogP contribution >= 0.6 is 0 Å². The molecule has 3 heterocycles. The third-order valence-electron chi connectivity index (χ3n) is 11.1. The number of nitriles is 1. The molecule has 258 valence electrons. The molecule has 1 aromatic heterocycles. The van der Waals surface area contributed by atoms with Crippen LogP contribution in [0.5, 0.6) is 11.5 Å². The molecular formula is C40H49N5O4. The summed E-state index contributed by atoms with van der Waals surface area (Å²) in [4.78, 5) is 32.8. The van der Waals surface area contributed by atoms with Gasteiger partial charge in [-0.05, 0) is 85.4 Å².